The molecule has 0 saturated carbocycles. The summed E-state index contributed by atoms with van der Waals surface area (Å²) in [7, 11) is 0. The highest BCUT2D eigenvalue weighted by Crippen LogP contribution is 2.31. The minimum atomic E-state index is -0.779. The van der Waals surface area contributed by atoms with E-state index in [1.54, 1.807) is 18.2 Å². The summed E-state index contributed by atoms with van der Waals surface area (Å²) in [6.07, 6.45) is 0. The lowest BCUT2D eigenvalue weighted by atomic mass is 10.1. The van der Waals surface area contributed by atoms with Crippen molar-refractivity contribution in [3.8, 4) is 11.5 Å². The molecule has 5 nitrogen and oxygen atoms in total. The number of halogens is 1. The van der Waals surface area contributed by atoms with Crippen LogP contribution in [-0.4, -0.2) is 4.92 Å². The van der Waals surface area contributed by atoms with Crippen LogP contribution in [0.3, 0.4) is 0 Å². The van der Waals surface area contributed by atoms with E-state index in [4.69, 9.17) is 10.5 Å². The Labute approximate surface area is 121 Å². The van der Waals surface area contributed by atoms with Gasteiger partial charge in [-0.15, -0.1) is 0 Å². The maximum absolute atomic E-state index is 13.9. The molecular weight excluding hydrogens is 275 g/mol. The molecule has 6 heteroatoms. The highest BCUT2D eigenvalue weighted by Gasteiger charge is 2.17. The maximum Gasteiger partial charge on any atom is 0.275 e. The number of nitrogens with zero attached hydrogens (tertiary/aromatic N) is 1. The third kappa shape index (κ3) is 3.35. The van der Waals surface area contributed by atoms with Gasteiger partial charge in [-0.3, -0.25) is 10.1 Å². The number of aryl methyl sites for hydroxylation is 1. The van der Waals surface area contributed by atoms with Gasteiger partial charge in [0.2, 0.25) is 0 Å². The van der Waals surface area contributed by atoms with Crippen molar-refractivity contribution in [1.82, 2.24) is 0 Å². The SMILES string of the molecule is Cc1cc(Oc2cccc(C(C)N)c2)c(F)cc1[N+](=O)[O-]. The number of ether oxygens (including phenoxy) is 1. The second-order valence-corrected chi connectivity index (χ2v) is 4.79. The molecule has 0 saturated heterocycles. The van der Waals surface area contributed by atoms with Crippen molar-refractivity contribution in [2.45, 2.75) is 19.9 Å². The number of hydrogen-bond acceptors (Lipinski definition) is 4. The van der Waals surface area contributed by atoms with Crippen molar-refractivity contribution >= 4 is 5.69 Å². The van der Waals surface area contributed by atoms with E-state index in [1.807, 2.05) is 13.0 Å². The monoisotopic (exact) mass is 290 g/mol. The molecule has 0 heterocycles. The zero-order chi connectivity index (χ0) is 15.6. The Balaban J connectivity index is 2.34. The van der Waals surface area contributed by atoms with Gasteiger partial charge in [-0.1, -0.05) is 12.1 Å². The van der Waals surface area contributed by atoms with Crippen molar-refractivity contribution < 1.29 is 14.1 Å². The first kappa shape index (κ1) is 14.9. The Morgan fingerprint density at radius 1 is 1.33 bits per heavy atom. The van der Waals surface area contributed by atoms with Crippen LogP contribution in [0, 0.1) is 22.9 Å². The molecule has 2 rings (SSSR count). The number of hydrogen-bond donors (Lipinski definition) is 1. The molecule has 21 heavy (non-hydrogen) atoms. The molecule has 1 atom stereocenters. The van der Waals surface area contributed by atoms with Crippen LogP contribution in [0.15, 0.2) is 36.4 Å². The third-order valence-electron chi connectivity index (χ3n) is 3.06. The second-order valence-electron chi connectivity index (χ2n) is 4.79. The zero-order valence-electron chi connectivity index (χ0n) is 11.7. The summed E-state index contributed by atoms with van der Waals surface area (Å²) >= 11 is 0. The Hall–Kier alpha value is -2.47. The molecule has 2 aromatic carbocycles. The van der Waals surface area contributed by atoms with Crippen LogP contribution in [0.2, 0.25) is 0 Å². The van der Waals surface area contributed by atoms with Gasteiger partial charge in [0, 0.05) is 11.6 Å². The molecule has 2 N–H and O–H groups in total. The quantitative estimate of drug-likeness (QED) is 0.685. The normalized spacial score (nSPS) is 12.0. The summed E-state index contributed by atoms with van der Waals surface area (Å²) in [4.78, 5) is 10.1. The van der Waals surface area contributed by atoms with Gasteiger partial charge >= 0.3 is 0 Å². The van der Waals surface area contributed by atoms with Gasteiger partial charge in [-0.05, 0) is 37.6 Å². The number of nitro groups is 1. The Morgan fingerprint density at radius 3 is 2.67 bits per heavy atom. The van der Waals surface area contributed by atoms with E-state index in [0.717, 1.165) is 11.6 Å². The summed E-state index contributed by atoms with van der Waals surface area (Å²) in [6, 6.07) is 8.98. The van der Waals surface area contributed by atoms with E-state index in [-0.39, 0.29) is 17.5 Å². The van der Waals surface area contributed by atoms with E-state index in [1.165, 1.54) is 13.0 Å². The third-order valence-corrected chi connectivity index (χ3v) is 3.06. The Kier molecular flexibility index (Phi) is 4.18. The largest absolute Gasteiger partial charge is 0.454 e. The fourth-order valence-electron chi connectivity index (χ4n) is 1.91. The number of nitro benzene ring substituents is 1. The van der Waals surface area contributed by atoms with Gasteiger partial charge in [0.1, 0.15) is 5.75 Å². The molecule has 0 aliphatic heterocycles. The van der Waals surface area contributed by atoms with Crippen LogP contribution in [0.25, 0.3) is 0 Å². The average molecular weight is 290 g/mol. The van der Waals surface area contributed by atoms with Gasteiger partial charge < -0.3 is 10.5 Å². The Bertz CT molecular complexity index is 687. The zero-order valence-corrected chi connectivity index (χ0v) is 11.7. The molecule has 110 valence electrons. The van der Waals surface area contributed by atoms with Crippen LogP contribution in [0.1, 0.15) is 24.1 Å². The standard InChI is InChI=1S/C15H15FN2O3/c1-9-6-15(13(16)8-14(9)18(19)20)21-12-5-3-4-11(7-12)10(2)17/h3-8,10H,17H2,1-2H3. The summed E-state index contributed by atoms with van der Waals surface area (Å²) in [5.74, 6) is -0.407. The van der Waals surface area contributed by atoms with E-state index in [0.29, 0.717) is 11.3 Å². The minimum Gasteiger partial charge on any atom is -0.454 e. The van der Waals surface area contributed by atoms with E-state index in [9.17, 15) is 14.5 Å². The summed E-state index contributed by atoms with van der Waals surface area (Å²) in [5.41, 5.74) is 6.69. The second kappa shape index (κ2) is 5.88. The summed E-state index contributed by atoms with van der Waals surface area (Å²) in [5, 5.41) is 10.7. The molecule has 0 bridgehead atoms. The van der Waals surface area contributed by atoms with Crippen LogP contribution in [0.5, 0.6) is 11.5 Å². The van der Waals surface area contributed by atoms with Gasteiger partial charge in [-0.25, -0.2) is 4.39 Å². The van der Waals surface area contributed by atoms with E-state index >= 15 is 0 Å². The number of nitrogens with two attached hydrogens (primary N) is 1. The first-order valence-electron chi connectivity index (χ1n) is 6.36. The van der Waals surface area contributed by atoms with Crippen molar-refractivity contribution in [3.05, 3.63) is 63.5 Å². The predicted octanol–water partition coefficient (Wildman–Crippen LogP) is 3.85. The molecule has 2 aromatic rings. The van der Waals surface area contributed by atoms with Crippen LogP contribution in [0.4, 0.5) is 10.1 Å². The molecule has 0 radical (unpaired) electrons. The summed E-state index contributed by atoms with van der Waals surface area (Å²) < 4.78 is 19.3. The predicted molar refractivity (Wildman–Crippen MR) is 76.9 cm³/mol. The van der Waals surface area contributed by atoms with Crippen molar-refractivity contribution in [2.75, 3.05) is 0 Å². The molecular formula is C15H15FN2O3. The number of benzene rings is 2. The highest BCUT2D eigenvalue weighted by atomic mass is 19.1. The average Bonchev–Trinajstić information content (AvgIpc) is 2.42. The number of rotatable bonds is 4. The maximum atomic E-state index is 13.9. The molecule has 1 unspecified atom stereocenters. The van der Waals surface area contributed by atoms with Crippen molar-refractivity contribution in [1.29, 1.82) is 0 Å². The fourth-order valence-corrected chi connectivity index (χ4v) is 1.91. The first-order valence-corrected chi connectivity index (χ1v) is 6.36. The minimum absolute atomic E-state index is 0.0556. The lowest BCUT2D eigenvalue weighted by Crippen LogP contribution is -2.04. The molecule has 0 aromatic heterocycles. The lowest BCUT2D eigenvalue weighted by molar-refractivity contribution is -0.385. The lowest BCUT2D eigenvalue weighted by Gasteiger charge is -2.11. The molecule has 0 aliphatic rings. The summed E-state index contributed by atoms with van der Waals surface area (Å²) in [6.45, 7) is 3.36. The van der Waals surface area contributed by atoms with Gasteiger partial charge in [-0.2, -0.15) is 0 Å². The van der Waals surface area contributed by atoms with Crippen molar-refractivity contribution in [2.24, 2.45) is 5.73 Å². The first-order chi connectivity index (χ1) is 9.88. The molecule has 0 fully saturated rings. The Morgan fingerprint density at radius 2 is 2.05 bits per heavy atom. The van der Waals surface area contributed by atoms with Crippen LogP contribution >= 0.6 is 0 Å². The van der Waals surface area contributed by atoms with Gasteiger partial charge in [0.15, 0.2) is 11.6 Å². The van der Waals surface area contributed by atoms with Crippen molar-refractivity contribution in [3.63, 3.8) is 0 Å². The molecule has 0 spiro atoms. The topological polar surface area (TPSA) is 78.4 Å². The fraction of sp³-hybridized carbons (Fsp3) is 0.200. The van der Waals surface area contributed by atoms with E-state index in [2.05, 4.69) is 0 Å². The van der Waals surface area contributed by atoms with Crippen LogP contribution in [-0.2, 0) is 0 Å². The van der Waals surface area contributed by atoms with Gasteiger partial charge in [0.25, 0.3) is 5.69 Å². The smallest absolute Gasteiger partial charge is 0.275 e. The van der Waals surface area contributed by atoms with Crippen LogP contribution < -0.4 is 10.5 Å². The van der Waals surface area contributed by atoms with E-state index < -0.39 is 10.7 Å². The highest BCUT2D eigenvalue weighted by molar-refractivity contribution is 5.47. The molecule has 0 amide bonds. The van der Waals surface area contributed by atoms with Gasteiger partial charge in [0.05, 0.1) is 11.0 Å². The molecule has 0 aliphatic carbocycles.